The van der Waals surface area contributed by atoms with Crippen molar-refractivity contribution in [2.45, 2.75) is 46.5 Å². The molecule has 0 aliphatic rings. The molecular weight excluding hydrogens is 176 g/mol. The van der Waals surface area contributed by atoms with Gasteiger partial charge in [-0.25, -0.2) is 0 Å². The van der Waals surface area contributed by atoms with Crippen LogP contribution in [0.5, 0.6) is 0 Å². The third-order valence-corrected chi connectivity index (χ3v) is 3.56. The molecule has 0 spiro atoms. The van der Waals surface area contributed by atoms with Crippen molar-refractivity contribution >= 4 is 11.3 Å². The summed E-state index contributed by atoms with van der Waals surface area (Å²) in [5.74, 6) is 0.852. The summed E-state index contributed by atoms with van der Waals surface area (Å²) >= 11 is 1.98. The van der Waals surface area contributed by atoms with Gasteiger partial charge in [-0.2, -0.15) is 0 Å². The lowest BCUT2D eigenvalue weighted by molar-refractivity contribution is 0.557. The zero-order valence-electron chi connectivity index (χ0n) is 8.97. The monoisotopic (exact) mass is 196 g/mol. The first kappa shape index (κ1) is 10.8. The molecule has 0 saturated heterocycles. The van der Waals surface area contributed by atoms with E-state index in [1.165, 1.54) is 30.6 Å². The quantitative estimate of drug-likeness (QED) is 0.659. The van der Waals surface area contributed by atoms with Crippen molar-refractivity contribution in [1.82, 2.24) is 0 Å². The molecule has 74 valence electrons. The highest BCUT2D eigenvalue weighted by atomic mass is 32.1. The Bertz CT molecular complexity index is 235. The summed E-state index contributed by atoms with van der Waals surface area (Å²) in [6.07, 6.45) is 5.18. The first-order chi connectivity index (χ1) is 6.22. The van der Waals surface area contributed by atoms with Crippen LogP contribution in [0.1, 0.15) is 43.4 Å². The van der Waals surface area contributed by atoms with Crippen LogP contribution in [0.2, 0.25) is 0 Å². The minimum absolute atomic E-state index is 0.852. The number of hydrogen-bond donors (Lipinski definition) is 0. The third kappa shape index (κ3) is 3.95. The Morgan fingerprint density at radius 1 is 1.23 bits per heavy atom. The molecule has 1 aromatic heterocycles. The predicted molar refractivity (Wildman–Crippen MR) is 61.5 cm³/mol. The lowest BCUT2D eigenvalue weighted by Crippen LogP contribution is -1.88. The van der Waals surface area contributed by atoms with E-state index >= 15 is 0 Å². The van der Waals surface area contributed by atoms with Crippen molar-refractivity contribution in [1.29, 1.82) is 0 Å². The Morgan fingerprint density at radius 3 is 2.46 bits per heavy atom. The molecule has 0 nitrogen and oxygen atoms in total. The molecule has 0 fully saturated rings. The van der Waals surface area contributed by atoms with Crippen LogP contribution in [0, 0.1) is 5.92 Å². The van der Waals surface area contributed by atoms with E-state index in [4.69, 9.17) is 0 Å². The van der Waals surface area contributed by atoms with Gasteiger partial charge in [0.15, 0.2) is 0 Å². The number of thiophene rings is 1. The molecule has 1 heterocycles. The van der Waals surface area contributed by atoms with Gasteiger partial charge in [0, 0.05) is 9.75 Å². The van der Waals surface area contributed by atoms with Gasteiger partial charge in [-0.3, -0.25) is 0 Å². The molecule has 0 saturated carbocycles. The molecule has 0 radical (unpaired) electrons. The Balaban J connectivity index is 2.28. The molecule has 0 bridgehead atoms. The van der Waals surface area contributed by atoms with E-state index in [9.17, 15) is 0 Å². The highest BCUT2D eigenvalue weighted by Gasteiger charge is 1.99. The maximum atomic E-state index is 2.30. The predicted octanol–water partition coefficient (Wildman–Crippen LogP) is 4.29. The maximum Gasteiger partial charge on any atom is 0.00481 e. The number of hydrogen-bond acceptors (Lipinski definition) is 1. The summed E-state index contributed by atoms with van der Waals surface area (Å²) in [6, 6.07) is 4.57. The lowest BCUT2D eigenvalue weighted by Gasteiger charge is -2.01. The third-order valence-electron chi connectivity index (χ3n) is 2.27. The summed E-state index contributed by atoms with van der Waals surface area (Å²) in [6.45, 7) is 6.82. The van der Waals surface area contributed by atoms with E-state index < -0.39 is 0 Å². The van der Waals surface area contributed by atoms with Gasteiger partial charge in [-0.15, -0.1) is 11.3 Å². The lowest BCUT2D eigenvalue weighted by atomic mass is 10.1. The van der Waals surface area contributed by atoms with Gasteiger partial charge >= 0.3 is 0 Å². The Morgan fingerprint density at radius 2 is 1.92 bits per heavy atom. The van der Waals surface area contributed by atoms with Crippen molar-refractivity contribution in [3.8, 4) is 0 Å². The van der Waals surface area contributed by atoms with Gasteiger partial charge in [-0.1, -0.05) is 27.2 Å². The van der Waals surface area contributed by atoms with Crippen LogP contribution in [0.4, 0.5) is 0 Å². The minimum atomic E-state index is 0.852. The van der Waals surface area contributed by atoms with E-state index in [0.29, 0.717) is 0 Å². The molecule has 0 unspecified atom stereocenters. The fourth-order valence-electron chi connectivity index (χ4n) is 1.43. The SMILES string of the molecule is CCc1ccc(CCCC(C)C)s1. The van der Waals surface area contributed by atoms with E-state index in [2.05, 4.69) is 32.9 Å². The van der Waals surface area contributed by atoms with Gasteiger partial charge in [0.1, 0.15) is 0 Å². The minimum Gasteiger partial charge on any atom is -0.145 e. The number of aryl methyl sites for hydroxylation is 2. The zero-order chi connectivity index (χ0) is 9.68. The van der Waals surface area contributed by atoms with E-state index in [1.807, 2.05) is 11.3 Å². The van der Waals surface area contributed by atoms with Crippen LogP contribution in [-0.4, -0.2) is 0 Å². The van der Waals surface area contributed by atoms with Gasteiger partial charge in [0.05, 0.1) is 0 Å². The second-order valence-corrected chi connectivity index (χ2v) is 5.26. The molecule has 0 aliphatic heterocycles. The fourth-order valence-corrected chi connectivity index (χ4v) is 2.43. The summed E-state index contributed by atoms with van der Waals surface area (Å²) < 4.78 is 0. The Kier molecular flexibility index (Phi) is 4.51. The van der Waals surface area contributed by atoms with Gasteiger partial charge in [-0.05, 0) is 37.3 Å². The van der Waals surface area contributed by atoms with Crippen molar-refractivity contribution in [3.05, 3.63) is 21.9 Å². The summed E-state index contributed by atoms with van der Waals surface area (Å²) in [4.78, 5) is 3.09. The molecule has 13 heavy (non-hydrogen) atoms. The average molecular weight is 196 g/mol. The molecular formula is C12H20S. The molecule has 0 aliphatic carbocycles. The van der Waals surface area contributed by atoms with Crippen molar-refractivity contribution in [3.63, 3.8) is 0 Å². The van der Waals surface area contributed by atoms with Crippen molar-refractivity contribution in [2.24, 2.45) is 5.92 Å². The topological polar surface area (TPSA) is 0 Å². The molecule has 0 aromatic carbocycles. The number of rotatable bonds is 5. The molecule has 0 N–H and O–H groups in total. The van der Waals surface area contributed by atoms with E-state index in [0.717, 1.165) is 5.92 Å². The van der Waals surface area contributed by atoms with Crippen LogP contribution in [0.3, 0.4) is 0 Å². The first-order valence-electron chi connectivity index (χ1n) is 5.30. The first-order valence-corrected chi connectivity index (χ1v) is 6.11. The normalized spacial score (nSPS) is 11.1. The Hall–Kier alpha value is -0.300. The second-order valence-electron chi connectivity index (χ2n) is 4.01. The van der Waals surface area contributed by atoms with E-state index in [1.54, 1.807) is 4.88 Å². The summed E-state index contributed by atoms with van der Waals surface area (Å²) in [7, 11) is 0. The highest BCUT2D eigenvalue weighted by molar-refractivity contribution is 7.11. The van der Waals surface area contributed by atoms with Crippen LogP contribution in [0.15, 0.2) is 12.1 Å². The van der Waals surface area contributed by atoms with E-state index in [-0.39, 0.29) is 0 Å². The molecule has 1 heteroatoms. The maximum absolute atomic E-state index is 2.30. The van der Waals surface area contributed by atoms with Crippen LogP contribution in [0.25, 0.3) is 0 Å². The summed E-state index contributed by atoms with van der Waals surface area (Å²) in [5.41, 5.74) is 0. The van der Waals surface area contributed by atoms with Gasteiger partial charge < -0.3 is 0 Å². The van der Waals surface area contributed by atoms with Crippen LogP contribution in [-0.2, 0) is 12.8 Å². The fraction of sp³-hybridized carbons (Fsp3) is 0.667. The smallest absolute Gasteiger partial charge is 0.00481 e. The molecule has 0 amide bonds. The zero-order valence-corrected chi connectivity index (χ0v) is 9.79. The molecule has 1 rings (SSSR count). The average Bonchev–Trinajstić information content (AvgIpc) is 2.52. The van der Waals surface area contributed by atoms with Crippen LogP contribution < -0.4 is 0 Å². The molecule has 1 aromatic rings. The Labute approximate surface area is 86.0 Å². The van der Waals surface area contributed by atoms with Crippen molar-refractivity contribution in [2.75, 3.05) is 0 Å². The van der Waals surface area contributed by atoms with Gasteiger partial charge in [0.2, 0.25) is 0 Å². The second kappa shape index (κ2) is 5.43. The highest BCUT2D eigenvalue weighted by Crippen LogP contribution is 2.19. The summed E-state index contributed by atoms with van der Waals surface area (Å²) in [5, 5.41) is 0. The van der Waals surface area contributed by atoms with Crippen LogP contribution >= 0.6 is 11.3 Å². The largest absolute Gasteiger partial charge is 0.145 e. The van der Waals surface area contributed by atoms with Gasteiger partial charge in [0.25, 0.3) is 0 Å². The standard InChI is InChI=1S/C12H20S/c1-4-11-8-9-12(13-11)7-5-6-10(2)3/h8-10H,4-7H2,1-3H3. The van der Waals surface area contributed by atoms with Crippen molar-refractivity contribution < 1.29 is 0 Å². The molecule has 0 atom stereocenters.